The molecule has 1 aromatic heterocycles. The Balaban J connectivity index is 0.00000320. The van der Waals surface area contributed by atoms with E-state index in [-0.39, 0.29) is 30.1 Å². The van der Waals surface area contributed by atoms with Crippen molar-refractivity contribution in [1.29, 1.82) is 0 Å². The fourth-order valence-corrected chi connectivity index (χ4v) is 4.29. The number of ether oxygens (including phenoxy) is 2. The zero-order chi connectivity index (χ0) is 20.6. The maximum Gasteiger partial charge on any atom is 0.191 e. The maximum atomic E-state index is 6.32. The van der Waals surface area contributed by atoms with Crippen LogP contribution >= 0.6 is 35.3 Å². The number of benzene rings is 1. The van der Waals surface area contributed by atoms with Gasteiger partial charge in [0, 0.05) is 24.5 Å². The lowest BCUT2D eigenvalue weighted by Gasteiger charge is -2.20. The minimum absolute atomic E-state index is 0. The van der Waals surface area contributed by atoms with Crippen molar-refractivity contribution in [2.45, 2.75) is 64.6 Å². The highest BCUT2D eigenvalue weighted by atomic mass is 127. The summed E-state index contributed by atoms with van der Waals surface area (Å²) in [6, 6.07) is 6.02. The van der Waals surface area contributed by atoms with Crippen molar-refractivity contribution in [3.05, 3.63) is 39.8 Å². The summed E-state index contributed by atoms with van der Waals surface area (Å²) < 4.78 is 11.9. The molecular weight excluding hydrogens is 511 g/mol. The van der Waals surface area contributed by atoms with Gasteiger partial charge >= 0.3 is 0 Å². The second-order valence-corrected chi connectivity index (χ2v) is 8.52. The molecule has 1 aliphatic carbocycles. The van der Waals surface area contributed by atoms with Gasteiger partial charge in [-0.25, -0.2) is 4.98 Å². The van der Waals surface area contributed by atoms with Crippen LogP contribution in [0.15, 0.2) is 28.6 Å². The molecule has 0 amide bonds. The SMILES string of the molecule is CN=C(NCc1nc(C(C)C)cs1)NCc1cccc(OC)c1OC1CCCC1.I. The van der Waals surface area contributed by atoms with E-state index >= 15 is 0 Å². The smallest absolute Gasteiger partial charge is 0.191 e. The number of nitrogens with zero attached hydrogens (tertiary/aromatic N) is 2. The second-order valence-electron chi connectivity index (χ2n) is 7.57. The van der Waals surface area contributed by atoms with Crippen LogP contribution in [-0.2, 0) is 13.1 Å². The highest BCUT2D eigenvalue weighted by Crippen LogP contribution is 2.34. The van der Waals surface area contributed by atoms with Crippen LogP contribution in [0, 0.1) is 0 Å². The van der Waals surface area contributed by atoms with Crippen LogP contribution in [-0.4, -0.2) is 31.2 Å². The molecule has 2 aromatic rings. The first-order chi connectivity index (χ1) is 14.1. The van der Waals surface area contributed by atoms with Gasteiger partial charge in [-0.1, -0.05) is 26.0 Å². The molecule has 3 rings (SSSR count). The Morgan fingerprint density at radius 3 is 2.60 bits per heavy atom. The van der Waals surface area contributed by atoms with Crippen molar-refractivity contribution in [2.24, 2.45) is 4.99 Å². The lowest BCUT2D eigenvalue weighted by atomic mass is 10.1. The predicted octanol–water partition coefficient (Wildman–Crippen LogP) is 5.08. The third-order valence-corrected chi connectivity index (χ3v) is 5.97. The number of para-hydroxylation sites is 1. The molecule has 1 aromatic carbocycles. The quantitative estimate of drug-likeness (QED) is 0.276. The van der Waals surface area contributed by atoms with Gasteiger partial charge in [0.1, 0.15) is 5.01 Å². The van der Waals surface area contributed by atoms with Crippen LogP contribution in [0.5, 0.6) is 11.5 Å². The summed E-state index contributed by atoms with van der Waals surface area (Å²) in [5.41, 5.74) is 2.20. The van der Waals surface area contributed by atoms with E-state index in [1.807, 2.05) is 12.1 Å². The Labute approximate surface area is 200 Å². The summed E-state index contributed by atoms with van der Waals surface area (Å²) in [7, 11) is 3.46. The molecule has 1 aliphatic rings. The van der Waals surface area contributed by atoms with E-state index in [1.165, 1.54) is 12.8 Å². The van der Waals surface area contributed by atoms with Gasteiger partial charge in [-0.15, -0.1) is 35.3 Å². The number of methoxy groups -OCH3 is 1. The van der Waals surface area contributed by atoms with Crippen LogP contribution in [0.1, 0.15) is 61.7 Å². The number of hydrogen-bond acceptors (Lipinski definition) is 5. The van der Waals surface area contributed by atoms with Gasteiger partial charge in [0.2, 0.25) is 0 Å². The molecule has 1 saturated carbocycles. The largest absolute Gasteiger partial charge is 0.493 e. The fraction of sp³-hybridized carbons (Fsp3) is 0.545. The molecule has 0 atom stereocenters. The van der Waals surface area contributed by atoms with Crippen LogP contribution in [0.4, 0.5) is 0 Å². The Kier molecular flexibility index (Phi) is 10.2. The van der Waals surface area contributed by atoms with Crippen LogP contribution in [0.3, 0.4) is 0 Å². The number of nitrogens with one attached hydrogen (secondary N) is 2. The molecule has 0 radical (unpaired) electrons. The minimum atomic E-state index is 0. The maximum absolute atomic E-state index is 6.32. The Hall–Kier alpha value is -1.55. The van der Waals surface area contributed by atoms with Crippen LogP contribution in [0.25, 0.3) is 0 Å². The van der Waals surface area contributed by atoms with Gasteiger partial charge in [-0.2, -0.15) is 0 Å². The van der Waals surface area contributed by atoms with E-state index in [0.717, 1.165) is 46.6 Å². The van der Waals surface area contributed by atoms with E-state index < -0.39 is 0 Å². The first kappa shape index (κ1) is 24.7. The van der Waals surface area contributed by atoms with Crippen molar-refractivity contribution < 1.29 is 9.47 Å². The highest BCUT2D eigenvalue weighted by molar-refractivity contribution is 14.0. The molecule has 0 spiro atoms. The van der Waals surface area contributed by atoms with Gasteiger partial charge in [-0.05, 0) is 37.7 Å². The Morgan fingerprint density at radius 1 is 1.23 bits per heavy atom. The lowest BCUT2D eigenvalue weighted by Crippen LogP contribution is -2.36. The van der Waals surface area contributed by atoms with Crippen molar-refractivity contribution in [3.63, 3.8) is 0 Å². The minimum Gasteiger partial charge on any atom is -0.493 e. The average molecular weight is 545 g/mol. The van der Waals surface area contributed by atoms with Crippen LogP contribution in [0.2, 0.25) is 0 Å². The summed E-state index contributed by atoms with van der Waals surface area (Å²) in [4.78, 5) is 9.00. The molecule has 166 valence electrons. The molecular formula is C22H33IN4O2S. The van der Waals surface area contributed by atoms with Crippen molar-refractivity contribution in [2.75, 3.05) is 14.2 Å². The van der Waals surface area contributed by atoms with Gasteiger partial charge in [0.15, 0.2) is 17.5 Å². The fourth-order valence-electron chi connectivity index (χ4n) is 3.40. The second kappa shape index (κ2) is 12.3. The lowest BCUT2D eigenvalue weighted by molar-refractivity contribution is 0.198. The Bertz CT molecular complexity index is 819. The van der Waals surface area contributed by atoms with Crippen molar-refractivity contribution in [3.8, 4) is 11.5 Å². The van der Waals surface area contributed by atoms with E-state index in [1.54, 1.807) is 25.5 Å². The number of halogens is 1. The van der Waals surface area contributed by atoms with E-state index in [0.29, 0.717) is 19.0 Å². The summed E-state index contributed by atoms with van der Waals surface area (Å²) in [5, 5.41) is 9.91. The number of hydrogen-bond donors (Lipinski definition) is 2. The summed E-state index contributed by atoms with van der Waals surface area (Å²) in [6.07, 6.45) is 4.97. The first-order valence-electron chi connectivity index (χ1n) is 10.3. The molecule has 0 aliphatic heterocycles. The van der Waals surface area contributed by atoms with Gasteiger partial charge in [0.25, 0.3) is 0 Å². The number of aromatic nitrogens is 1. The molecule has 6 nitrogen and oxygen atoms in total. The van der Waals surface area contributed by atoms with E-state index in [2.05, 4.69) is 45.9 Å². The Morgan fingerprint density at radius 2 is 1.97 bits per heavy atom. The zero-order valence-corrected chi connectivity index (χ0v) is 21.4. The van der Waals surface area contributed by atoms with Crippen LogP contribution < -0.4 is 20.1 Å². The summed E-state index contributed by atoms with van der Waals surface area (Å²) >= 11 is 1.68. The number of guanidine groups is 1. The number of rotatable bonds is 8. The number of aliphatic imine (C=N–C) groups is 1. The van der Waals surface area contributed by atoms with Gasteiger partial charge < -0.3 is 20.1 Å². The monoisotopic (exact) mass is 544 g/mol. The molecule has 0 bridgehead atoms. The van der Waals surface area contributed by atoms with E-state index in [9.17, 15) is 0 Å². The molecule has 8 heteroatoms. The third kappa shape index (κ3) is 6.73. The summed E-state index contributed by atoms with van der Waals surface area (Å²) in [6.45, 7) is 5.58. The first-order valence-corrected chi connectivity index (χ1v) is 11.2. The van der Waals surface area contributed by atoms with Gasteiger partial charge in [-0.3, -0.25) is 4.99 Å². The van der Waals surface area contributed by atoms with E-state index in [4.69, 9.17) is 9.47 Å². The standard InChI is InChI=1S/C22H32N4O2S.HI/c1-15(2)18-14-29-20(26-18)13-25-22(23-3)24-12-16-8-7-11-19(27-4)21(16)28-17-9-5-6-10-17;/h7-8,11,14-15,17H,5-6,9-10,12-13H2,1-4H3,(H2,23,24,25);1H. The molecule has 0 saturated heterocycles. The number of thiazole rings is 1. The average Bonchev–Trinajstić information content (AvgIpc) is 3.41. The molecule has 2 N–H and O–H groups in total. The molecule has 0 unspecified atom stereocenters. The predicted molar refractivity (Wildman–Crippen MR) is 135 cm³/mol. The highest BCUT2D eigenvalue weighted by Gasteiger charge is 2.20. The zero-order valence-electron chi connectivity index (χ0n) is 18.2. The molecule has 30 heavy (non-hydrogen) atoms. The molecule has 1 heterocycles. The normalized spacial score (nSPS) is 14.5. The molecule has 1 fully saturated rings. The third-order valence-electron chi connectivity index (χ3n) is 5.11. The van der Waals surface area contributed by atoms with Crippen molar-refractivity contribution >= 4 is 41.3 Å². The van der Waals surface area contributed by atoms with Gasteiger partial charge in [0.05, 0.1) is 25.5 Å². The van der Waals surface area contributed by atoms with Crippen molar-refractivity contribution in [1.82, 2.24) is 15.6 Å². The topological polar surface area (TPSA) is 67.8 Å². The summed E-state index contributed by atoms with van der Waals surface area (Å²) in [5.74, 6) is 2.80.